The Morgan fingerprint density at radius 3 is 1.86 bits per heavy atom. The van der Waals surface area contributed by atoms with Crippen LogP contribution in [0, 0.1) is 35.5 Å². The van der Waals surface area contributed by atoms with Gasteiger partial charge in [-0.2, -0.15) is 0 Å². The lowest BCUT2D eigenvalue weighted by Crippen LogP contribution is -1.70. The van der Waals surface area contributed by atoms with Crippen LogP contribution in [0.1, 0.15) is 52.4 Å². The minimum absolute atomic E-state index is 0.929. The van der Waals surface area contributed by atoms with Gasteiger partial charge in [-0.05, 0) is 36.5 Å². The molecule has 74 valence electrons. The van der Waals surface area contributed by atoms with Gasteiger partial charge in [0.25, 0.3) is 0 Å². The van der Waals surface area contributed by atoms with Crippen LogP contribution in [0.15, 0.2) is 0 Å². The molecule has 0 spiro atoms. The molecular weight excluding hydrogens is 168 g/mol. The van der Waals surface area contributed by atoms with E-state index < -0.39 is 0 Å². The molecule has 0 aliphatic carbocycles. The summed E-state index contributed by atoms with van der Waals surface area (Å²) in [5.74, 6) is 17.0. The first-order valence-electron chi connectivity index (χ1n) is 5.37. The Hall–Kier alpha value is -1.32. The number of unbranched alkanes of at least 4 members (excludes halogenated alkanes) is 4. The first-order valence-corrected chi connectivity index (χ1v) is 5.37. The normalized spacial score (nSPS) is 7.29. The van der Waals surface area contributed by atoms with Gasteiger partial charge in [0.2, 0.25) is 0 Å². The van der Waals surface area contributed by atoms with Crippen molar-refractivity contribution in [2.45, 2.75) is 52.4 Å². The first-order chi connectivity index (χ1) is 6.91. The minimum Gasteiger partial charge on any atom is -0.0891 e. The molecule has 0 heterocycles. The highest BCUT2D eigenvalue weighted by Gasteiger charge is 1.79. The van der Waals surface area contributed by atoms with Gasteiger partial charge in [0.1, 0.15) is 0 Å². The van der Waals surface area contributed by atoms with Crippen LogP contribution in [0.5, 0.6) is 0 Å². The molecule has 0 aromatic heterocycles. The van der Waals surface area contributed by atoms with Gasteiger partial charge in [-0.3, -0.25) is 0 Å². The highest BCUT2D eigenvalue weighted by Crippen LogP contribution is 1.96. The topological polar surface area (TPSA) is 0 Å². The summed E-state index contributed by atoms with van der Waals surface area (Å²) >= 11 is 0. The largest absolute Gasteiger partial charge is 0.0891 e. The maximum absolute atomic E-state index is 3.02. The van der Waals surface area contributed by atoms with Crippen LogP contribution in [0.2, 0.25) is 0 Å². The van der Waals surface area contributed by atoms with E-state index in [0.717, 1.165) is 19.3 Å². The van der Waals surface area contributed by atoms with E-state index in [1.165, 1.54) is 19.3 Å². The predicted octanol–water partition coefficient (Wildman–Crippen LogP) is 3.38. The Bertz CT molecular complexity index is 290. The third-order valence-corrected chi connectivity index (χ3v) is 1.64. The van der Waals surface area contributed by atoms with E-state index in [4.69, 9.17) is 0 Å². The predicted molar refractivity (Wildman–Crippen MR) is 62.4 cm³/mol. The summed E-state index contributed by atoms with van der Waals surface area (Å²) in [4.78, 5) is 0. The van der Waals surface area contributed by atoms with E-state index >= 15 is 0 Å². The van der Waals surface area contributed by atoms with Crippen molar-refractivity contribution in [3.8, 4) is 35.5 Å². The zero-order chi connectivity index (χ0) is 10.5. The second-order valence-corrected chi connectivity index (χ2v) is 3.06. The van der Waals surface area contributed by atoms with Crippen LogP contribution >= 0.6 is 0 Å². The van der Waals surface area contributed by atoms with Gasteiger partial charge >= 0.3 is 0 Å². The second kappa shape index (κ2) is 11.7. The highest BCUT2D eigenvalue weighted by atomic mass is 13.8. The average molecular weight is 186 g/mol. The van der Waals surface area contributed by atoms with Gasteiger partial charge in [0, 0.05) is 12.8 Å². The SMILES string of the molecule is CCCC#CC#CC#CCCCCC. The fourth-order valence-electron chi connectivity index (χ4n) is 0.864. The Morgan fingerprint density at radius 2 is 1.29 bits per heavy atom. The summed E-state index contributed by atoms with van der Waals surface area (Å²) in [5.41, 5.74) is 0. The quantitative estimate of drug-likeness (QED) is 0.466. The highest BCUT2D eigenvalue weighted by molar-refractivity contribution is 5.35. The van der Waals surface area contributed by atoms with E-state index in [9.17, 15) is 0 Å². The Kier molecular flexibility index (Phi) is 10.6. The standard InChI is InChI=1S/C14H18/c1-3-5-7-9-11-13-14-12-10-8-6-4-2/h3-7,9H2,1-2H3. The molecular formula is C14H18. The number of rotatable bonds is 4. The van der Waals surface area contributed by atoms with Crippen molar-refractivity contribution in [3.05, 3.63) is 0 Å². The maximum Gasteiger partial charge on any atom is 0.00989 e. The van der Waals surface area contributed by atoms with Crippen molar-refractivity contribution in [2.75, 3.05) is 0 Å². The van der Waals surface area contributed by atoms with Crippen LogP contribution in [-0.2, 0) is 0 Å². The average Bonchev–Trinajstić information content (AvgIpc) is 2.21. The monoisotopic (exact) mass is 186 g/mol. The van der Waals surface area contributed by atoms with E-state index in [1.807, 2.05) is 0 Å². The fraction of sp³-hybridized carbons (Fsp3) is 0.571. The number of hydrogen-bond acceptors (Lipinski definition) is 0. The molecule has 0 atom stereocenters. The molecule has 0 saturated heterocycles. The van der Waals surface area contributed by atoms with Crippen LogP contribution < -0.4 is 0 Å². The maximum atomic E-state index is 3.02. The molecule has 0 aromatic rings. The summed E-state index contributed by atoms with van der Waals surface area (Å²) < 4.78 is 0. The summed E-state index contributed by atoms with van der Waals surface area (Å²) in [6, 6.07) is 0. The van der Waals surface area contributed by atoms with Gasteiger partial charge in [0.05, 0.1) is 0 Å². The molecule has 0 nitrogen and oxygen atoms in total. The van der Waals surface area contributed by atoms with Crippen LogP contribution in [0.3, 0.4) is 0 Å². The van der Waals surface area contributed by atoms with Gasteiger partial charge in [0.15, 0.2) is 0 Å². The molecule has 0 heteroatoms. The van der Waals surface area contributed by atoms with Crippen LogP contribution in [0.25, 0.3) is 0 Å². The minimum atomic E-state index is 0.929. The molecule has 0 rings (SSSR count). The van der Waals surface area contributed by atoms with Crippen LogP contribution in [-0.4, -0.2) is 0 Å². The van der Waals surface area contributed by atoms with E-state index in [-0.39, 0.29) is 0 Å². The van der Waals surface area contributed by atoms with Crippen LogP contribution in [0.4, 0.5) is 0 Å². The summed E-state index contributed by atoms with van der Waals surface area (Å²) in [5, 5.41) is 0. The van der Waals surface area contributed by atoms with Gasteiger partial charge < -0.3 is 0 Å². The molecule has 0 aliphatic rings. The molecule has 0 amide bonds. The van der Waals surface area contributed by atoms with E-state index in [2.05, 4.69) is 49.4 Å². The van der Waals surface area contributed by atoms with Crippen molar-refractivity contribution in [3.63, 3.8) is 0 Å². The summed E-state index contributed by atoms with van der Waals surface area (Å²) in [6.07, 6.45) is 6.68. The van der Waals surface area contributed by atoms with Crippen molar-refractivity contribution < 1.29 is 0 Å². The van der Waals surface area contributed by atoms with Gasteiger partial charge in [-0.15, -0.1) is 0 Å². The van der Waals surface area contributed by atoms with E-state index in [1.54, 1.807) is 0 Å². The van der Waals surface area contributed by atoms with E-state index in [0.29, 0.717) is 0 Å². The first kappa shape index (κ1) is 12.7. The molecule has 0 unspecified atom stereocenters. The second-order valence-electron chi connectivity index (χ2n) is 3.06. The third-order valence-electron chi connectivity index (χ3n) is 1.64. The molecule has 0 radical (unpaired) electrons. The zero-order valence-corrected chi connectivity index (χ0v) is 9.24. The van der Waals surface area contributed by atoms with Crippen molar-refractivity contribution in [1.29, 1.82) is 0 Å². The lowest BCUT2D eigenvalue weighted by Gasteiger charge is -1.86. The Morgan fingerprint density at radius 1 is 0.643 bits per heavy atom. The Balaban J connectivity index is 3.54. The molecule has 0 bridgehead atoms. The van der Waals surface area contributed by atoms with Crippen molar-refractivity contribution in [1.82, 2.24) is 0 Å². The third kappa shape index (κ3) is 10.7. The van der Waals surface area contributed by atoms with Crippen molar-refractivity contribution in [2.24, 2.45) is 0 Å². The van der Waals surface area contributed by atoms with Gasteiger partial charge in [-0.1, -0.05) is 38.5 Å². The molecule has 0 aromatic carbocycles. The summed E-state index contributed by atoms with van der Waals surface area (Å²) in [7, 11) is 0. The number of hydrogen-bond donors (Lipinski definition) is 0. The Labute approximate surface area is 88.5 Å². The van der Waals surface area contributed by atoms with Gasteiger partial charge in [-0.25, -0.2) is 0 Å². The molecule has 14 heavy (non-hydrogen) atoms. The lowest BCUT2D eigenvalue weighted by molar-refractivity contribution is 0.737. The fourth-order valence-corrected chi connectivity index (χ4v) is 0.864. The molecule has 0 fully saturated rings. The smallest absolute Gasteiger partial charge is 0.00989 e. The molecule has 0 saturated carbocycles. The zero-order valence-electron chi connectivity index (χ0n) is 9.24. The van der Waals surface area contributed by atoms with Crippen molar-refractivity contribution >= 4 is 0 Å². The molecule has 0 N–H and O–H groups in total. The molecule has 0 aliphatic heterocycles. The summed E-state index contributed by atoms with van der Waals surface area (Å²) in [6.45, 7) is 4.30. The lowest BCUT2D eigenvalue weighted by atomic mass is 10.2.